The Morgan fingerprint density at radius 1 is 1.16 bits per heavy atom. The van der Waals surface area contributed by atoms with Gasteiger partial charge in [-0.3, -0.25) is 9.59 Å². The van der Waals surface area contributed by atoms with Crippen LogP contribution in [-0.2, 0) is 14.3 Å². The zero-order valence-electron chi connectivity index (χ0n) is 19.6. The van der Waals surface area contributed by atoms with Crippen LogP contribution in [0.15, 0.2) is 47.4 Å². The molecule has 0 radical (unpaired) electrons. The van der Waals surface area contributed by atoms with Crippen LogP contribution in [0.5, 0.6) is 5.75 Å². The average molecular weight is 457 g/mol. The minimum absolute atomic E-state index is 0.202. The Bertz CT molecular complexity index is 959. The molecule has 0 unspecified atom stereocenters. The number of fused-ring (bicyclic) bond motifs is 1. The molecule has 0 spiro atoms. The summed E-state index contributed by atoms with van der Waals surface area (Å²) in [6.07, 6.45) is -0.928. The lowest BCUT2D eigenvalue weighted by molar-refractivity contribution is -0.152. The molecular weight excluding hydrogens is 424 g/mol. The first kappa shape index (κ1) is 24.1. The van der Waals surface area contributed by atoms with Gasteiger partial charge in [-0.1, -0.05) is 32.0 Å². The van der Waals surface area contributed by atoms with Crippen molar-refractivity contribution in [3.8, 4) is 5.75 Å². The molecule has 0 aliphatic carbocycles. The quantitative estimate of drug-likeness (QED) is 0.572. The van der Waals surface area contributed by atoms with Crippen molar-refractivity contribution in [1.29, 1.82) is 0 Å². The number of esters is 1. The lowest BCUT2D eigenvalue weighted by atomic mass is 10.0. The van der Waals surface area contributed by atoms with Gasteiger partial charge in [0.2, 0.25) is 0 Å². The van der Waals surface area contributed by atoms with Crippen LogP contribution >= 0.6 is 11.8 Å². The van der Waals surface area contributed by atoms with E-state index >= 15 is 0 Å². The van der Waals surface area contributed by atoms with Gasteiger partial charge < -0.3 is 19.3 Å². The predicted molar refractivity (Wildman–Crippen MR) is 129 cm³/mol. The number of hydrogen-bond donors (Lipinski definition) is 0. The van der Waals surface area contributed by atoms with Crippen LogP contribution in [0.4, 0.5) is 5.69 Å². The van der Waals surface area contributed by atoms with Gasteiger partial charge in [-0.2, -0.15) is 0 Å². The molecule has 1 aliphatic rings. The summed E-state index contributed by atoms with van der Waals surface area (Å²) >= 11 is 1.57. The average Bonchev–Trinajstić information content (AvgIpc) is 2.86. The van der Waals surface area contributed by atoms with Crippen LogP contribution in [0.3, 0.4) is 0 Å². The van der Waals surface area contributed by atoms with E-state index in [9.17, 15) is 9.59 Å². The fraction of sp³-hybridized carbons (Fsp3) is 0.440. The largest absolute Gasteiger partial charge is 0.497 e. The monoisotopic (exact) mass is 456 g/mol. The van der Waals surface area contributed by atoms with Crippen LogP contribution in [-0.4, -0.2) is 57.2 Å². The second kappa shape index (κ2) is 10.4. The van der Waals surface area contributed by atoms with Gasteiger partial charge in [0.05, 0.1) is 18.0 Å². The number of methoxy groups -OCH3 is 1. The molecule has 0 fully saturated rings. The van der Waals surface area contributed by atoms with E-state index < -0.39 is 12.1 Å². The van der Waals surface area contributed by atoms with Gasteiger partial charge in [0.25, 0.3) is 5.91 Å². The van der Waals surface area contributed by atoms with Crippen molar-refractivity contribution in [2.75, 3.05) is 39.2 Å². The molecule has 0 saturated carbocycles. The highest BCUT2D eigenvalue weighted by Crippen LogP contribution is 2.47. The number of nitrogens with zero attached hydrogens (tertiary/aromatic N) is 2. The minimum atomic E-state index is -0.928. The molecule has 3 rings (SSSR count). The van der Waals surface area contributed by atoms with Gasteiger partial charge >= 0.3 is 5.97 Å². The molecule has 32 heavy (non-hydrogen) atoms. The van der Waals surface area contributed by atoms with Crippen LogP contribution in [0, 0.1) is 0 Å². The van der Waals surface area contributed by atoms with Crippen molar-refractivity contribution in [1.82, 2.24) is 4.90 Å². The first-order valence-corrected chi connectivity index (χ1v) is 11.7. The van der Waals surface area contributed by atoms with Gasteiger partial charge in [0.1, 0.15) is 5.75 Å². The van der Waals surface area contributed by atoms with Crippen LogP contribution in [0.1, 0.15) is 43.1 Å². The highest BCUT2D eigenvalue weighted by molar-refractivity contribution is 7.99. The van der Waals surface area contributed by atoms with Crippen molar-refractivity contribution < 1.29 is 19.1 Å². The van der Waals surface area contributed by atoms with E-state index in [1.54, 1.807) is 23.8 Å². The number of likely N-dealkylation sites (N-methyl/N-ethyl adjacent to an activating group) is 1. The van der Waals surface area contributed by atoms with Crippen molar-refractivity contribution in [3.05, 3.63) is 53.6 Å². The third kappa shape index (κ3) is 5.45. The van der Waals surface area contributed by atoms with Gasteiger partial charge in [0.15, 0.2) is 6.10 Å². The zero-order valence-corrected chi connectivity index (χ0v) is 20.4. The second-order valence-electron chi connectivity index (χ2n) is 8.52. The Hall–Kier alpha value is -2.51. The summed E-state index contributed by atoms with van der Waals surface area (Å²) in [4.78, 5) is 30.6. The second-order valence-corrected chi connectivity index (χ2v) is 9.70. The summed E-state index contributed by atoms with van der Waals surface area (Å²) in [6, 6.07) is 13.9. The lowest BCUT2D eigenvalue weighted by Crippen LogP contribution is -2.45. The minimum Gasteiger partial charge on any atom is -0.497 e. The Kier molecular flexibility index (Phi) is 7.85. The lowest BCUT2D eigenvalue weighted by Gasteiger charge is -2.28. The van der Waals surface area contributed by atoms with Crippen LogP contribution in [0.2, 0.25) is 0 Å². The summed E-state index contributed by atoms with van der Waals surface area (Å²) in [7, 11) is 5.57. The molecule has 2 atom stereocenters. The number of rotatable bonds is 7. The maximum absolute atomic E-state index is 13.8. The van der Waals surface area contributed by atoms with E-state index in [1.165, 1.54) is 12.5 Å². The molecule has 0 saturated heterocycles. The first-order chi connectivity index (χ1) is 15.2. The molecule has 0 N–H and O–H groups in total. The summed E-state index contributed by atoms with van der Waals surface area (Å²) in [5.41, 5.74) is 2.97. The molecule has 2 aromatic rings. The van der Waals surface area contributed by atoms with Gasteiger partial charge in [0, 0.05) is 24.9 Å². The van der Waals surface area contributed by atoms with E-state index in [4.69, 9.17) is 9.47 Å². The Morgan fingerprint density at radius 2 is 1.84 bits per heavy atom. The number of amides is 1. The van der Waals surface area contributed by atoms with E-state index in [0.717, 1.165) is 21.9 Å². The summed E-state index contributed by atoms with van der Waals surface area (Å²) < 4.78 is 10.9. The van der Waals surface area contributed by atoms with E-state index in [-0.39, 0.29) is 11.2 Å². The number of benzene rings is 2. The topological polar surface area (TPSA) is 59.1 Å². The number of ether oxygens (including phenoxy) is 2. The molecule has 7 heteroatoms. The van der Waals surface area contributed by atoms with Gasteiger partial charge in [-0.05, 0) is 55.4 Å². The van der Waals surface area contributed by atoms with Crippen molar-refractivity contribution in [2.24, 2.45) is 0 Å². The Morgan fingerprint density at radius 3 is 2.41 bits per heavy atom. The van der Waals surface area contributed by atoms with Crippen molar-refractivity contribution in [2.45, 2.75) is 42.9 Å². The first-order valence-electron chi connectivity index (χ1n) is 10.8. The maximum Gasteiger partial charge on any atom is 0.303 e. The SMILES string of the molecule is COc1ccc([C@@H]2Sc3cc(C(C)C)ccc3N(CCN(C)C)C(=O)[C@@H]2OC(C)=O)cc1. The Balaban J connectivity index is 2.13. The number of hydrogen-bond acceptors (Lipinski definition) is 6. The summed E-state index contributed by atoms with van der Waals surface area (Å²) in [5.74, 6) is 0.423. The normalized spacial score (nSPS) is 18.5. The van der Waals surface area contributed by atoms with Gasteiger partial charge in [-0.15, -0.1) is 11.8 Å². The van der Waals surface area contributed by atoms with Crippen LogP contribution in [0.25, 0.3) is 0 Å². The molecule has 2 aromatic carbocycles. The predicted octanol–water partition coefficient (Wildman–Crippen LogP) is 4.49. The van der Waals surface area contributed by atoms with Gasteiger partial charge in [-0.25, -0.2) is 0 Å². The number of carbonyl (C=O) groups excluding carboxylic acids is 2. The number of thioether (sulfide) groups is 1. The molecule has 1 aliphatic heterocycles. The number of anilines is 1. The van der Waals surface area contributed by atoms with Crippen LogP contribution < -0.4 is 9.64 Å². The molecule has 6 nitrogen and oxygen atoms in total. The molecule has 1 amide bonds. The summed E-state index contributed by atoms with van der Waals surface area (Å²) in [5, 5.41) is -0.372. The fourth-order valence-corrected chi connectivity index (χ4v) is 5.03. The highest BCUT2D eigenvalue weighted by atomic mass is 32.2. The molecule has 0 bridgehead atoms. The standard InChI is InChI=1S/C25H32N2O4S/c1-16(2)19-9-12-21-22(15-19)32-24(18-7-10-20(30-6)11-8-18)23(31-17(3)28)25(29)27(21)14-13-26(4)5/h7-12,15-16,23-24H,13-14H2,1-6H3/t23-,24+/m1/s1. The molecule has 0 aromatic heterocycles. The zero-order chi connectivity index (χ0) is 23.4. The Labute approximate surface area is 194 Å². The number of carbonyl (C=O) groups is 2. The third-order valence-corrected chi connectivity index (χ3v) is 6.84. The van der Waals surface area contributed by atoms with E-state index in [2.05, 4.69) is 26.0 Å². The van der Waals surface area contributed by atoms with Crippen molar-refractivity contribution >= 4 is 29.3 Å². The highest BCUT2D eigenvalue weighted by Gasteiger charge is 2.40. The molecular formula is C25H32N2O4S. The summed E-state index contributed by atoms with van der Waals surface area (Å²) in [6.45, 7) is 6.86. The van der Waals surface area contributed by atoms with E-state index in [0.29, 0.717) is 19.0 Å². The third-order valence-electron chi connectivity index (χ3n) is 5.49. The fourth-order valence-electron chi connectivity index (χ4n) is 3.67. The maximum atomic E-state index is 13.8. The van der Waals surface area contributed by atoms with Crippen molar-refractivity contribution in [3.63, 3.8) is 0 Å². The molecule has 172 valence electrons. The smallest absolute Gasteiger partial charge is 0.303 e. The van der Waals surface area contributed by atoms with E-state index in [1.807, 2.05) is 49.3 Å². The molecule has 1 heterocycles.